The maximum atomic E-state index is 12.3. The number of amides is 1. The highest BCUT2D eigenvalue weighted by Crippen LogP contribution is 2.42. The number of aryl methyl sites for hydroxylation is 2. The third kappa shape index (κ3) is 3.81. The molecule has 2 fully saturated rings. The summed E-state index contributed by atoms with van der Waals surface area (Å²) in [6, 6.07) is 0. The number of alkyl halides is 1. The molecule has 1 amide bonds. The lowest BCUT2D eigenvalue weighted by Gasteiger charge is -2.36. The molecule has 2 aromatic rings. The fourth-order valence-electron chi connectivity index (χ4n) is 5.32. The molecule has 7 heteroatoms. The molecule has 0 aromatic carbocycles. The number of thiophene rings is 1. The van der Waals surface area contributed by atoms with Crippen LogP contribution in [0.15, 0.2) is 0 Å². The molecule has 5 rings (SSSR count). The maximum absolute atomic E-state index is 12.3. The number of carbonyl (C=O) groups is 1. The molecule has 0 unspecified atom stereocenters. The summed E-state index contributed by atoms with van der Waals surface area (Å²) in [5.74, 6) is 2.73. The normalized spacial score (nSPS) is 21.7. The van der Waals surface area contributed by atoms with Crippen LogP contribution >= 0.6 is 22.9 Å². The molecule has 0 radical (unpaired) electrons. The van der Waals surface area contributed by atoms with Gasteiger partial charge in [-0.25, -0.2) is 9.97 Å². The molecule has 3 aliphatic rings. The second kappa shape index (κ2) is 8.62. The Hall–Kier alpha value is -1.40. The van der Waals surface area contributed by atoms with Gasteiger partial charge in [-0.1, -0.05) is 19.3 Å². The number of rotatable bonds is 3. The van der Waals surface area contributed by atoms with Crippen molar-refractivity contribution in [1.82, 2.24) is 14.9 Å². The van der Waals surface area contributed by atoms with Gasteiger partial charge in [0.1, 0.15) is 21.8 Å². The van der Waals surface area contributed by atoms with Crippen LogP contribution in [0, 0.1) is 0 Å². The van der Waals surface area contributed by atoms with Gasteiger partial charge in [0.15, 0.2) is 0 Å². The van der Waals surface area contributed by atoms with Crippen LogP contribution in [0.3, 0.4) is 0 Å². The minimum atomic E-state index is -0.455. The molecular weight excluding hydrogens is 416 g/mol. The van der Waals surface area contributed by atoms with Crippen molar-refractivity contribution in [3.63, 3.8) is 0 Å². The Morgan fingerprint density at radius 2 is 1.77 bits per heavy atom. The second-order valence-electron chi connectivity index (χ2n) is 9.06. The van der Waals surface area contributed by atoms with Gasteiger partial charge >= 0.3 is 0 Å². The summed E-state index contributed by atoms with van der Waals surface area (Å²) < 4.78 is 0. The van der Waals surface area contributed by atoms with Gasteiger partial charge in [0.05, 0.1) is 5.39 Å². The van der Waals surface area contributed by atoms with Crippen molar-refractivity contribution >= 4 is 44.9 Å². The summed E-state index contributed by atoms with van der Waals surface area (Å²) in [7, 11) is 0. The Morgan fingerprint density at radius 1 is 1.03 bits per heavy atom. The van der Waals surface area contributed by atoms with Crippen molar-refractivity contribution in [2.45, 2.75) is 76.0 Å². The molecule has 2 aliphatic carbocycles. The van der Waals surface area contributed by atoms with Gasteiger partial charge in [0.25, 0.3) is 0 Å². The zero-order valence-electron chi connectivity index (χ0n) is 17.8. The molecule has 162 valence electrons. The van der Waals surface area contributed by atoms with Crippen molar-refractivity contribution < 1.29 is 4.79 Å². The molecule has 0 spiro atoms. The van der Waals surface area contributed by atoms with Gasteiger partial charge < -0.3 is 9.80 Å². The summed E-state index contributed by atoms with van der Waals surface area (Å²) >= 11 is 7.95. The van der Waals surface area contributed by atoms with E-state index in [2.05, 4.69) is 4.90 Å². The van der Waals surface area contributed by atoms with Crippen LogP contribution in [0.4, 0.5) is 5.82 Å². The Balaban J connectivity index is 1.51. The van der Waals surface area contributed by atoms with E-state index in [9.17, 15) is 4.79 Å². The van der Waals surface area contributed by atoms with Gasteiger partial charge in [-0.3, -0.25) is 4.79 Å². The third-order valence-electron chi connectivity index (χ3n) is 7.01. The number of fused-ring (bicyclic) bond motifs is 3. The molecule has 1 saturated carbocycles. The lowest BCUT2D eigenvalue weighted by atomic mass is 9.88. The minimum Gasteiger partial charge on any atom is -0.352 e. The minimum absolute atomic E-state index is 0.0416. The molecular formula is C23H31ClN4OS. The van der Waals surface area contributed by atoms with E-state index in [1.807, 2.05) is 16.2 Å². The molecule has 30 heavy (non-hydrogen) atoms. The number of piperazine rings is 1. The predicted octanol–water partition coefficient (Wildman–Crippen LogP) is 4.89. The van der Waals surface area contributed by atoms with Gasteiger partial charge in [-0.05, 0) is 51.0 Å². The van der Waals surface area contributed by atoms with E-state index in [1.165, 1.54) is 72.0 Å². The van der Waals surface area contributed by atoms with Crippen molar-refractivity contribution in [3.8, 4) is 0 Å². The maximum Gasteiger partial charge on any atom is 0.240 e. The predicted molar refractivity (Wildman–Crippen MR) is 124 cm³/mol. The van der Waals surface area contributed by atoms with E-state index in [0.717, 1.165) is 31.2 Å². The molecule has 0 N–H and O–H groups in total. The van der Waals surface area contributed by atoms with Gasteiger partial charge in [0, 0.05) is 37.0 Å². The molecule has 1 atom stereocenters. The topological polar surface area (TPSA) is 49.3 Å². The first-order chi connectivity index (χ1) is 14.6. The monoisotopic (exact) mass is 446 g/mol. The van der Waals surface area contributed by atoms with Crippen molar-refractivity contribution in [2.24, 2.45) is 0 Å². The lowest BCUT2D eigenvalue weighted by Crippen LogP contribution is -2.50. The number of carbonyl (C=O) groups excluding carboxylic acids is 1. The first-order valence-corrected chi connectivity index (χ1v) is 12.9. The number of hydrogen-bond donors (Lipinski definition) is 0. The van der Waals surface area contributed by atoms with Crippen LogP contribution in [0.1, 0.15) is 74.1 Å². The first-order valence-electron chi connectivity index (χ1n) is 11.6. The molecule has 5 nitrogen and oxygen atoms in total. The Bertz CT molecular complexity index is 929. The van der Waals surface area contributed by atoms with Gasteiger partial charge in [-0.15, -0.1) is 22.9 Å². The van der Waals surface area contributed by atoms with Crippen molar-refractivity contribution in [3.05, 3.63) is 16.3 Å². The average Bonchev–Trinajstić information content (AvgIpc) is 3.17. The first kappa shape index (κ1) is 20.5. The number of aromatic nitrogens is 2. The highest BCUT2D eigenvalue weighted by molar-refractivity contribution is 7.19. The zero-order chi connectivity index (χ0) is 20.7. The quantitative estimate of drug-likeness (QED) is 0.629. The number of halogens is 1. The van der Waals surface area contributed by atoms with Gasteiger partial charge in [-0.2, -0.15) is 0 Å². The highest BCUT2D eigenvalue weighted by atomic mass is 35.5. The van der Waals surface area contributed by atoms with Crippen molar-refractivity contribution in [2.75, 3.05) is 31.1 Å². The average molecular weight is 447 g/mol. The van der Waals surface area contributed by atoms with Crippen molar-refractivity contribution in [1.29, 1.82) is 0 Å². The summed E-state index contributed by atoms with van der Waals surface area (Å²) in [5.41, 5.74) is 1.50. The molecule has 0 bridgehead atoms. The fraction of sp³-hybridized carbons (Fsp3) is 0.696. The Labute approximate surface area is 187 Å². The molecule has 3 heterocycles. The highest BCUT2D eigenvalue weighted by Gasteiger charge is 2.29. The van der Waals surface area contributed by atoms with Crippen LogP contribution in [0.25, 0.3) is 10.2 Å². The standard InChI is InChI=1S/C23H31ClN4OS/c1-15(24)23(29)28-13-11-27(12-14-28)21-19-17-9-5-6-10-18(17)30-22(19)26-20(25-21)16-7-3-2-4-8-16/h15-16H,2-14H2,1H3/t15-/m1/s1. The zero-order valence-corrected chi connectivity index (χ0v) is 19.4. The summed E-state index contributed by atoms with van der Waals surface area (Å²) in [6.07, 6.45) is 11.2. The van der Waals surface area contributed by atoms with Crippen LogP contribution in [-0.2, 0) is 17.6 Å². The smallest absolute Gasteiger partial charge is 0.240 e. The van der Waals surface area contributed by atoms with E-state index >= 15 is 0 Å². The fourth-order valence-corrected chi connectivity index (χ4v) is 6.72. The van der Waals surface area contributed by atoms with Crippen LogP contribution < -0.4 is 4.90 Å². The summed E-state index contributed by atoms with van der Waals surface area (Å²) in [6.45, 7) is 4.82. The van der Waals surface area contributed by atoms with Crippen LogP contribution in [0.2, 0.25) is 0 Å². The molecule has 2 aromatic heterocycles. The SMILES string of the molecule is C[C@@H](Cl)C(=O)N1CCN(c2nc(C3CCCCC3)nc3sc4c(c23)CCCC4)CC1. The van der Waals surface area contributed by atoms with E-state index in [4.69, 9.17) is 21.6 Å². The Morgan fingerprint density at radius 3 is 2.50 bits per heavy atom. The third-order valence-corrected chi connectivity index (χ3v) is 8.39. The number of anilines is 1. The lowest BCUT2D eigenvalue weighted by molar-refractivity contribution is -0.130. The number of nitrogens with zero attached hydrogens (tertiary/aromatic N) is 4. The van der Waals surface area contributed by atoms with Gasteiger partial charge in [0.2, 0.25) is 5.91 Å². The van der Waals surface area contributed by atoms with Crippen LogP contribution in [0.5, 0.6) is 0 Å². The van der Waals surface area contributed by atoms with E-state index in [-0.39, 0.29) is 5.91 Å². The number of hydrogen-bond acceptors (Lipinski definition) is 5. The van der Waals surface area contributed by atoms with E-state index in [0.29, 0.717) is 19.0 Å². The molecule has 1 saturated heterocycles. The van der Waals surface area contributed by atoms with E-state index < -0.39 is 5.38 Å². The second-order valence-corrected chi connectivity index (χ2v) is 10.8. The Kier molecular flexibility index (Phi) is 5.89. The summed E-state index contributed by atoms with van der Waals surface area (Å²) in [5, 5.41) is 0.851. The van der Waals surface area contributed by atoms with Crippen LogP contribution in [-0.4, -0.2) is 52.3 Å². The van der Waals surface area contributed by atoms with E-state index in [1.54, 1.807) is 6.92 Å². The molecule has 1 aliphatic heterocycles. The summed E-state index contributed by atoms with van der Waals surface area (Å²) in [4.78, 5) is 29.7. The largest absolute Gasteiger partial charge is 0.352 e.